The molecular formula is C26H23ClN2O3. The molecule has 3 atom stereocenters. The third-order valence-corrected chi connectivity index (χ3v) is 6.72. The van der Waals surface area contributed by atoms with Crippen LogP contribution in [0.1, 0.15) is 29.7 Å². The molecule has 0 N–H and O–H groups in total. The molecule has 3 aromatic carbocycles. The number of rotatable bonds is 3. The second-order valence-corrected chi connectivity index (χ2v) is 9.09. The first kappa shape index (κ1) is 20.7. The predicted octanol–water partition coefficient (Wildman–Crippen LogP) is 5.40. The van der Waals surface area contributed by atoms with Crippen molar-refractivity contribution in [2.45, 2.75) is 32.9 Å². The highest BCUT2D eigenvalue weighted by molar-refractivity contribution is 6.30. The van der Waals surface area contributed by atoms with Crippen LogP contribution in [0.2, 0.25) is 5.02 Å². The molecule has 3 aromatic rings. The minimum absolute atomic E-state index is 0.266. The van der Waals surface area contributed by atoms with Crippen molar-refractivity contribution < 1.29 is 14.4 Å². The maximum atomic E-state index is 14.0. The molecule has 2 heterocycles. The Morgan fingerprint density at radius 1 is 0.938 bits per heavy atom. The number of hydrogen-bond donors (Lipinski definition) is 0. The second-order valence-electron chi connectivity index (χ2n) is 8.65. The largest absolute Gasteiger partial charge is 0.273 e. The first-order valence-corrected chi connectivity index (χ1v) is 10.9. The van der Waals surface area contributed by atoms with Crippen LogP contribution in [-0.2, 0) is 14.4 Å². The van der Waals surface area contributed by atoms with Crippen LogP contribution in [0.5, 0.6) is 0 Å². The quantitative estimate of drug-likeness (QED) is 0.505. The molecule has 2 saturated heterocycles. The Bertz CT molecular complexity index is 1210. The lowest BCUT2D eigenvalue weighted by Gasteiger charge is -2.33. The van der Waals surface area contributed by atoms with Crippen molar-refractivity contribution in [3.05, 3.63) is 94.5 Å². The van der Waals surface area contributed by atoms with E-state index < -0.39 is 17.6 Å². The normalized spacial score (nSPS) is 24.9. The van der Waals surface area contributed by atoms with E-state index in [9.17, 15) is 9.59 Å². The van der Waals surface area contributed by atoms with E-state index >= 15 is 0 Å². The number of hydroxylamine groups is 1. The molecule has 6 heteroatoms. The fourth-order valence-corrected chi connectivity index (χ4v) is 4.98. The number of carbonyl (C=O) groups excluding carboxylic acids is 2. The molecule has 0 bridgehead atoms. The molecule has 2 amide bonds. The van der Waals surface area contributed by atoms with E-state index in [1.165, 1.54) is 4.90 Å². The van der Waals surface area contributed by atoms with Gasteiger partial charge < -0.3 is 0 Å². The van der Waals surface area contributed by atoms with E-state index in [4.69, 9.17) is 16.4 Å². The lowest BCUT2D eigenvalue weighted by molar-refractivity contribution is -0.128. The maximum absolute atomic E-state index is 14.0. The molecule has 2 fully saturated rings. The number of fused-ring (bicyclic) bond motifs is 1. The summed E-state index contributed by atoms with van der Waals surface area (Å²) in [6.45, 7) is 5.72. The van der Waals surface area contributed by atoms with Gasteiger partial charge in [-0.1, -0.05) is 59.6 Å². The minimum atomic E-state index is -1.11. The molecule has 32 heavy (non-hydrogen) atoms. The summed E-state index contributed by atoms with van der Waals surface area (Å²) in [5.74, 6) is -0.611. The highest BCUT2D eigenvalue weighted by Gasteiger charge is 2.68. The van der Waals surface area contributed by atoms with Gasteiger partial charge in [-0.3, -0.25) is 14.4 Å². The summed E-state index contributed by atoms with van der Waals surface area (Å²) in [5.41, 5.74) is 3.07. The summed E-state index contributed by atoms with van der Waals surface area (Å²) in [5, 5.41) is 2.30. The number of anilines is 2. The Balaban J connectivity index is 1.65. The zero-order chi connectivity index (χ0) is 22.6. The average Bonchev–Trinajstić information content (AvgIpc) is 3.19. The van der Waals surface area contributed by atoms with Gasteiger partial charge in [0.25, 0.3) is 5.91 Å². The lowest BCUT2D eigenvalue weighted by atomic mass is 9.76. The van der Waals surface area contributed by atoms with E-state index in [1.807, 2.05) is 81.4 Å². The Morgan fingerprint density at radius 2 is 1.62 bits per heavy atom. The van der Waals surface area contributed by atoms with Gasteiger partial charge in [0.2, 0.25) is 5.91 Å². The van der Waals surface area contributed by atoms with Crippen LogP contribution in [0.4, 0.5) is 11.4 Å². The van der Waals surface area contributed by atoms with Gasteiger partial charge in [-0.05, 0) is 62.2 Å². The van der Waals surface area contributed by atoms with E-state index in [0.29, 0.717) is 10.7 Å². The van der Waals surface area contributed by atoms with Gasteiger partial charge in [0, 0.05) is 5.02 Å². The summed E-state index contributed by atoms with van der Waals surface area (Å²) in [6, 6.07) is 22.1. The number of aryl methyl sites for hydroxylation is 2. The molecule has 2 aliphatic heterocycles. The molecule has 0 radical (unpaired) electrons. The topological polar surface area (TPSA) is 49.9 Å². The zero-order valence-electron chi connectivity index (χ0n) is 18.1. The summed E-state index contributed by atoms with van der Waals surface area (Å²) >= 11 is 6.13. The third-order valence-electron chi connectivity index (χ3n) is 6.46. The standard InChI is InChI=1S/C26H23ClN2O3/c1-16-9-14-21(17(2)15-16)28-24(30)23-26(3,25(28)31)22(18-10-12-19(27)13-11-18)29(32-23)20-7-5-4-6-8-20/h4-15,22-23H,1-3H3. The van der Waals surface area contributed by atoms with E-state index in [-0.39, 0.29) is 11.8 Å². The van der Waals surface area contributed by atoms with E-state index in [1.54, 1.807) is 17.2 Å². The first-order chi connectivity index (χ1) is 15.3. The van der Waals surface area contributed by atoms with Gasteiger partial charge >= 0.3 is 0 Å². The fourth-order valence-electron chi connectivity index (χ4n) is 4.86. The van der Waals surface area contributed by atoms with E-state index in [0.717, 1.165) is 22.4 Å². The Hall–Kier alpha value is -3.15. The minimum Gasteiger partial charge on any atom is -0.273 e. The summed E-state index contributed by atoms with van der Waals surface area (Å²) in [7, 11) is 0. The molecule has 0 saturated carbocycles. The summed E-state index contributed by atoms with van der Waals surface area (Å²) in [4.78, 5) is 35.1. The van der Waals surface area contributed by atoms with Gasteiger partial charge in [0.1, 0.15) is 5.41 Å². The van der Waals surface area contributed by atoms with Crippen LogP contribution >= 0.6 is 11.6 Å². The number of amides is 2. The van der Waals surface area contributed by atoms with Gasteiger partial charge in [-0.15, -0.1) is 0 Å². The average molecular weight is 447 g/mol. The molecule has 5 rings (SSSR count). The number of imide groups is 1. The van der Waals surface area contributed by atoms with Crippen molar-refractivity contribution >= 4 is 34.8 Å². The van der Waals surface area contributed by atoms with Crippen molar-refractivity contribution in [2.75, 3.05) is 9.96 Å². The first-order valence-electron chi connectivity index (χ1n) is 10.5. The Labute approximate surface area is 192 Å². The Morgan fingerprint density at radius 3 is 2.28 bits per heavy atom. The second kappa shape index (κ2) is 7.47. The SMILES string of the molecule is Cc1ccc(N2C(=O)C3ON(c4ccccc4)C(c4ccc(Cl)cc4)C3(C)C2=O)c(C)c1. The van der Waals surface area contributed by atoms with Crippen LogP contribution in [0.3, 0.4) is 0 Å². The van der Waals surface area contributed by atoms with Crippen LogP contribution in [0.15, 0.2) is 72.8 Å². The number of para-hydroxylation sites is 1. The number of nitrogens with zero attached hydrogens (tertiary/aromatic N) is 2. The predicted molar refractivity (Wildman–Crippen MR) is 125 cm³/mol. The highest BCUT2D eigenvalue weighted by atomic mass is 35.5. The number of carbonyl (C=O) groups is 2. The van der Waals surface area contributed by atoms with Gasteiger partial charge in [-0.2, -0.15) is 0 Å². The van der Waals surface area contributed by atoms with Crippen LogP contribution in [-0.4, -0.2) is 17.9 Å². The third kappa shape index (κ3) is 2.96. The molecule has 0 spiro atoms. The van der Waals surface area contributed by atoms with Crippen molar-refractivity contribution in [3.8, 4) is 0 Å². The van der Waals surface area contributed by atoms with Crippen LogP contribution in [0.25, 0.3) is 0 Å². The monoisotopic (exact) mass is 446 g/mol. The van der Waals surface area contributed by atoms with Gasteiger partial charge in [0.15, 0.2) is 6.10 Å². The van der Waals surface area contributed by atoms with Crippen molar-refractivity contribution in [3.63, 3.8) is 0 Å². The smallest absolute Gasteiger partial charge is 0.266 e. The molecule has 162 valence electrons. The number of benzene rings is 3. The molecule has 5 nitrogen and oxygen atoms in total. The maximum Gasteiger partial charge on any atom is 0.266 e. The Kier molecular flexibility index (Phi) is 4.84. The molecular weight excluding hydrogens is 424 g/mol. The van der Waals surface area contributed by atoms with Crippen LogP contribution in [0, 0.1) is 19.3 Å². The number of hydrogen-bond acceptors (Lipinski definition) is 4. The van der Waals surface area contributed by atoms with Crippen molar-refractivity contribution in [1.29, 1.82) is 0 Å². The lowest BCUT2D eigenvalue weighted by Crippen LogP contribution is -2.41. The summed E-state index contributed by atoms with van der Waals surface area (Å²) < 4.78 is 0. The van der Waals surface area contributed by atoms with Gasteiger partial charge in [0.05, 0.1) is 17.4 Å². The van der Waals surface area contributed by atoms with Gasteiger partial charge in [-0.25, -0.2) is 9.96 Å². The van der Waals surface area contributed by atoms with Crippen LogP contribution < -0.4 is 9.96 Å². The van der Waals surface area contributed by atoms with Crippen molar-refractivity contribution in [2.24, 2.45) is 5.41 Å². The molecule has 3 unspecified atom stereocenters. The molecule has 0 aliphatic carbocycles. The molecule has 0 aromatic heterocycles. The highest BCUT2D eigenvalue weighted by Crippen LogP contribution is 2.55. The summed E-state index contributed by atoms with van der Waals surface area (Å²) in [6.07, 6.45) is -0.934. The fraction of sp³-hybridized carbons (Fsp3) is 0.231. The van der Waals surface area contributed by atoms with E-state index in [2.05, 4.69) is 0 Å². The molecule has 2 aliphatic rings. The number of halogens is 1. The zero-order valence-corrected chi connectivity index (χ0v) is 18.8. The van der Waals surface area contributed by atoms with Crippen molar-refractivity contribution in [1.82, 2.24) is 0 Å².